The predicted molar refractivity (Wildman–Crippen MR) is 96.6 cm³/mol. The van der Waals surface area contributed by atoms with Crippen LogP contribution >= 0.6 is 11.6 Å². The Morgan fingerprint density at radius 2 is 1.88 bits per heavy atom. The van der Waals surface area contributed by atoms with E-state index < -0.39 is 0 Å². The summed E-state index contributed by atoms with van der Waals surface area (Å²) in [6.45, 7) is 11.0. The molecule has 1 aliphatic heterocycles. The first-order chi connectivity index (χ1) is 11.4. The monoisotopic (exact) mass is 348 g/mol. The van der Waals surface area contributed by atoms with E-state index in [-0.39, 0.29) is 0 Å². The van der Waals surface area contributed by atoms with Crippen molar-refractivity contribution in [3.8, 4) is 0 Å². The fourth-order valence-corrected chi connectivity index (χ4v) is 3.05. The summed E-state index contributed by atoms with van der Waals surface area (Å²) < 4.78 is 1.94. The van der Waals surface area contributed by atoms with Crippen LogP contribution in [-0.2, 0) is 13.6 Å². The maximum atomic E-state index is 6.06. The van der Waals surface area contributed by atoms with Crippen LogP contribution in [-0.4, -0.2) is 50.6 Å². The van der Waals surface area contributed by atoms with Crippen molar-refractivity contribution in [3.63, 3.8) is 0 Å². The molecule has 0 aliphatic carbocycles. The van der Waals surface area contributed by atoms with E-state index in [0.717, 1.165) is 55.9 Å². The van der Waals surface area contributed by atoms with Crippen LogP contribution in [0.4, 0.5) is 5.82 Å². The van der Waals surface area contributed by atoms with Crippen LogP contribution in [0.15, 0.2) is 12.3 Å². The standard InChI is InChI=1S/C17H25ClN6/c1-12(2)17-20-13(3)9-15(21-17)24-7-5-23(6-8-24)11-16-19-10-14(18)22(16)4/h9-10,12H,5-8,11H2,1-4H3. The Bertz CT molecular complexity index is 703. The molecule has 1 saturated heterocycles. The molecule has 0 spiro atoms. The lowest BCUT2D eigenvalue weighted by Gasteiger charge is -2.35. The summed E-state index contributed by atoms with van der Waals surface area (Å²) >= 11 is 6.06. The quantitative estimate of drug-likeness (QED) is 0.850. The van der Waals surface area contributed by atoms with E-state index in [9.17, 15) is 0 Å². The van der Waals surface area contributed by atoms with Crippen LogP contribution in [0.5, 0.6) is 0 Å². The van der Waals surface area contributed by atoms with Gasteiger partial charge in [0.15, 0.2) is 0 Å². The third-order valence-corrected chi connectivity index (χ3v) is 4.81. The topological polar surface area (TPSA) is 50.1 Å². The molecule has 6 nitrogen and oxygen atoms in total. The highest BCUT2D eigenvalue weighted by atomic mass is 35.5. The van der Waals surface area contributed by atoms with Crippen LogP contribution < -0.4 is 4.90 Å². The maximum Gasteiger partial charge on any atom is 0.133 e. The molecule has 24 heavy (non-hydrogen) atoms. The minimum atomic E-state index is 0.345. The molecule has 0 N–H and O–H groups in total. The van der Waals surface area contributed by atoms with Crippen LogP contribution in [0, 0.1) is 6.92 Å². The molecule has 0 unspecified atom stereocenters. The normalized spacial score (nSPS) is 16.2. The Balaban J connectivity index is 1.64. The van der Waals surface area contributed by atoms with Gasteiger partial charge < -0.3 is 9.47 Å². The highest BCUT2D eigenvalue weighted by molar-refractivity contribution is 6.29. The van der Waals surface area contributed by atoms with E-state index in [1.165, 1.54) is 0 Å². The zero-order chi connectivity index (χ0) is 17.3. The lowest BCUT2D eigenvalue weighted by molar-refractivity contribution is 0.241. The number of hydrogen-bond donors (Lipinski definition) is 0. The number of aromatic nitrogens is 4. The van der Waals surface area contributed by atoms with Crippen LogP contribution in [0.25, 0.3) is 0 Å². The van der Waals surface area contributed by atoms with Crippen molar-refractivity contribution in [1.29, 1.82) is 0 Å². The second-order valence-corrected chi connectivity index (χ2v) is 7.09. The van der Waals surface area contributed by atoms with E-state index in [1.807, 2.05) is 18.5 Å². The average Bonchev–Trinajstić information content (AvgIpc) is 2.87. The van der Waals surface area contributed by atoms with Gasteiger partial charge >= 0.3 is 0 Å². The van der Waals surface area contributed by atoms with E-state index >= 15 is 0 Å². The van der Waals surface area contributed by atoms with Gasteiger partial charge in [0.05, 0.1) is 12.7 Å². The van der Waals surface area contributed by atoms with E-state index in [4.69, 9.17) is 16.6 Å². The molecule has 3 rings (SSSR count). The van der Waals surface area contributed by atoms with E-state index in [1.54, 1.807) is 6.20 Å². The smallest absolute Gasteiger partial charge is 0.133 e. The molecule has 0 bridgehead atoms. The SMILES string of the molecule is Cc1cc(N2CCN(Cc3ncc(Cl)n3C)CC2)nc(C(C)C)n1. The Kier molecular flexibility index (Phi) is 5.06. The van der Waals surface area contributed by atoms with Gasteiger partial charge in [0.25, 0.3) is 0 Å². The van der Waals surface area contributed by atoms with Crippen molar-refractivity contribution in [2.75, 3.05) is 31.1 Å². The third kappa shape index (κ3) is 3.70. The van der Waals surface area contributed by atoms with Crippen molar-refractivity contribution in [1.82, 2.24) is 24.4 Å². The summed E-state index contributed by atoms with van der Waals surface area (Å²) in [7, 11) is 1.96. The number of piperazine rings is 1. The first kappa shape index (κ1) is 17.2. The fourth-order valence-electron chi connectivity index (χ4n) is 2.90. The zero-order valence-electron chi connectivity index (χ0n) is 14.8. The Labute approximate surface area is 148 Å². The first-order valence-electron chi connectivity index (χ1n) is 8.43. The highest BCUT2D eigenvalue weighted by Crippen LogP contribution is 2.19. The van der Waals surface area contributed by atoms with Gasteiger partial charge in [-0.3, -0.25) is 4.90 Å². The molecule has 0 radical (unpaired) electrons. The number of imidazole rings is 1. The van der Waals surface area contributed by atoms with Crippen molar-refractivity contribution in [2.24, 2.45) is 7.05 Å². The number of rotatable bonds is 4. The van der Waals surface area contributed by atoms with Crippen molar-refractivity contribution in [3.05, 3.63) is 34.8 Å². The lowest BCUT2D eigenvalue weighted by Crippen LogP contribution is -2.46. The number of halogens is 1. The lowest BCUT2D eigenvalue weighted by atomic mass is 10.2. The van der Waals surface area contributed by atoms with Crippen LogP contribution in [0.3, 0.4) is 0 Å². The molecule has 3 heterocycles. The molecule has 2 aromatic heterocycles. The second-order valence-electron chi connectivity index (χ2n) is 6.70. The number of nitrogens with zero attached hydrogens (tertiary/aromatic N) is 6. The second kappa shape index (κ2) is 7.07. The molecule has 0 amide bonds. The predicted octanol–water partition coefficient (Wildman–Crippen LogP) is 2.62. The molecular weight excluding hydrogens is 324 g/mol. The summed E-state index contributed by atoms with van der Waals surface area (Å²) in [6.07, 6.45) is 1.71. The molecule has 130 valence electrons. The van der Waals surface area contributed by atoms with E-state index in [2.05, 4.69) is 39.7 Å². The van der Waals surface area contributed by atoms with Gasteiger partial charge in [-0.1, -0.05) is 25.4 Å². The fraction of sp³-hybridized carbons (Fsp3) is 0.588. The zero-order valence-corrected chi connectivity index (χ0v) is 15.6. The number of aryl methyl sites for hydroxylation is 1. The Morgan fingerprint density at radius 3 is 2.46 bits per heavy atom. The molecule has 2 aromatic rings. The maximum absolute atomic E-state index is 6.06. The summed E-state index contributed by atoms with van der Waals surface area (Å²) in [5.74, 6) is 3.33. The van der Waals surface area contributed by atoms with Gasteiger partial charge in [-0.25, -0.2) is 15.0 Å². The van der Waals surface area contributed by atoms with Crippen molar-refractivity contribution >= 4 is 17.4 Å². The molecule has 0 aromatic carbocycles. The average molecular weight is 349 g/mol. The minimum absolute atomic E-state index is 0.345. The third-order valence-electron chi connectivity index (χ3n) is 4.46. The number of hydrogen-bond acceptors (Lipinski definition) is 5. The van der Waals surface area contributed by atoms with Crippen LogP contribution in [0.1, 0.15) is 37.1 Å². The Morgan fingerprint density at radius 1 is 1.17 bits per heavy atom. The van der Waals surface area contributed by atoms with Gasteiger partial charge in [-0.05, 0) is 6.92 Å². The van der Waals surface area contributed by atoms with Crippen molar-refractivity contribution in [2.45, 2.75) is 33.2 Å². The molecule has 7 heteroatoms. The van der Waals surface area contributed by atoms with Gasteiger partial charge in [0, 0.05) is 50.9 Å². The summed E-state index contributed by atoms with van der Waals surface area (Å²) in [5, 5.41) is 0.682. The highest BCUT2D eigenvalue weighted by Gasteiger charge is 2.20. The summed E-state index contributed by atoms with van der Waals surface area (Å²) in [5.41, 5.74) is 1.04. The Hall–Kier alpha value is -1.66. The molecular formula is C17H25ClN6. The van der Waals surface area contributed by atoms with Gasteiger partial charge in [0.1, 0.15) is 22.6 Å². The van der Waals surface area contributed by atoms with Gasteiger partial charge in [-0.15, -0.1) is 0 Å². The number of anilines is 1. The largest absolute Gasteiger partial charge is 0.354 e. The van der Waals surface area contributed by atoms with Gasteiger partial charge in [-0.2, -0.15) is 0 Å². The van der Waals surface area contributed by atoms with Gasteiger partial charge in [0.2, 0.25) is 0 Å². The molecule has 0 saturated carbocycles. The molecule has 0 atom stereocenters. The summed E-state index contributed by atoms with van der Waals surface area (Å²) in [4.78, 5) is 18.4. The van der Waals surface area contributed by atoms with E-state index in [0.29, 0.717) is 11.1 Å². The summed E-state index contributed by atoms with van der Waals surface area (Å²) in [6, 6.07) is 2.08. The van der Waals surface area contributed by atoms with Crippen LogP contribution in [0.2, 0.25) is 5.15 Å². The first-order valence-corrected chi connectivity index (χ1v) is 8.81. The van der Waals surface area contributed by atoms with Crippen molar-refractivity contribution < 1.29 is 0 Å². The molecule has 1 aliphatic rings. The minimum Gasteiger partial charge on any atom is -0.354 e. The molecule has 1 fully saturated rings.